The molecule has 6 heteroatoms. The molecule has 25 heavy (non-hydrogen) atoms. The van der Waals surface area contributed by atoms with Gasteiger partial charge in [0.25, 0.3) is 0 Å². The lowest BCUT2D eigenvalue weighted by Crippen LogP contribution is -2.10. The molecule has 0 saturated carbocycles. The van der Waals surface area contributed by atoms with Gasteiger partial charge in [0.2, 0.25) is 5.95 Å². The van der Waals surface area contributed by atoms with Gasteiger partial charge >= 0.3 is 0 Å². The average Bonchev–Trinajstić information content (AvgIpc) is 3.12. The van der Waals surface area contributed by atoms with Gasteiger partial charge in [-0.25, -0.2) is 4.68 Å². The SMILES string of the molecule is CCCCn1nnnc1NCc1ccccc1OCc1ccccc1. The monoisotopic (exact) mass is 337 g/mol. The maximum absolute atomic E-state index is 5.99. The number of nitrogens with zero attached hydrogens (tertiary/aromatic N) is 4. The summed E-state index contributed by atoms with van der Waals surface area (Å²) < 4.78 is 7.79. The van der Waals surface area contributed by atoms with Gasteiger partial charge < -0.3 is 10.1 Å². The van der Waals surface area contributed by atoms with E-state index in [0.717, 1.165) is 36.3 Å². The fraction of sp³-hybridized carbons (Fsp3) is 0.316. The van der Waals surface area contributed by atoms with E-state index in [4.69, 9.17) is 4.74 Å². The fourth-order valence-electron chi connectivity index (χ4n) is 2.49. The number of rotatable bonds is 9. The standard InChI is InChI=1S/C19H23N5O/c1-2-3-13-24-19(21-22-23-24)20-14-17-11-7-8-12-18(17)25-15-16-9-5-4-6-10-16/h4-12H,2-3,13-15H2,1H3,(H,20,21,23). The number of hydrogen-bond acceptors (Lipinski definition) is 5. The highest BCUT2D eigenvalue weighted by molar-refractivity contribution is 5.37. The molecule has 1 N–H and O–H groups in total. The first-order chi connectivity index (χ1) is 12.4. The number of unbranched alkanes of at least 4 members (excludes halogenated alkanes) is 1. The van der Waals surface area contributed by atoms with Crippen molar-refractivity contribution in [2.24, 2.45) is 0 Å². The number of nitrogens with one attached hydrogen (secondary N) is 1. The van der Waals surface area contributed by atoms with E-state index in [0.29, 0.717) is 19.1 Å². The highest BCUT2D eigenvalue weighted by atomic mass is 16.5. The van der Waals surface area contributed by atoms with Crippen LogP contribution in [-0.4, -0.2) is 20.2 Å². The Morgan fingerprint density at radius 2 is 1.84 bits per heavy atom. The molecule has 0 unspecified atom stereocenters. The third kappa shape index (κ3) is 4.79. The zero-order valence-corrected chi connectivity index (χ0v) is 14.4. The van der Waals surface area contributed by atoms with Crippen molar-refractivity contribution in [2.45, 2.75) is 39.5 Å². The summed E-state index contributed by atoms with van der Waals surface area (Å²) in [6.07, 6.45) is 2.16. The van der Waals surface area contributed by atoms with Gasteiger partial charge in [0.1, 0.15) is 12.4 Å². The van der Waals surface area contributed by atoms with Gasteiger partial charge in [-0.05, 0) is 28.5 Å². The summed E-state index contributed by atoms with van der Waals surface area (Å²) in [5, 5.41) is 15.1. The molecule has 0 fully saturated rings. The van der Waals surface area contributed by atoms with E-state index in [9.17, 15) is 0 Å². The smallest absolute Gasteiger partial charge is 0.243 e. The van der Waals surface area contributed by atoms with Crippen LogP contribution in [0.25, 0.3) is 0 Å². The maximum atomic E-state index is 5.99. The number of aromatic nitrogens is 4. The van der Waals surface area contributed by atoms with Crippen LogP contribution >= 0.6 is 0 Å². The van der Waals surface area contributed by atoms with E-state index in [1.54, 1.807) is 4.68 Å². The maximum Gasteiger partial charge on any atom is 0.243 e. The Bertz CT molecular complexity index is 772. The van der Waals surface area contributed by atoms with Crippen LogP contribution < -0.4 is 10.1 Å². The van der Waals surface area contributed by atoms with E-state index >= 15 is 0 Å². The molecule has 1 heterocycles. The number of para-hydroxylation sites is 1. The second-order valence-corrected chi connectivity index (χ2v) is 5.81. The van der Waals surface area contributed by atoms with Crippen molar-refractivity contribution in [3.05, 3.63) is 65.7 Å². The average molecular weight is 337 g/mol. The molecule has 1 aromatic heterocycles. The summed E-state index contributed by atoms with van der Waals surface area (Å²) in [5.74, 6) is 1.55. The Balaban J connectivity index is 1.62. The Hall–Kier alpha value is -2.89. The van der Waals surface area contributed by atoms with E-state index in [2.05, 4.69) is 39.9 Å². The molecule has 0 amide bonds. The van der Waals surface area contributed by atoms with Crippen molar-refractivity contribution >= 4 is 5.95 Å². The first-order valence-electron chi connectivity index (χ1n) is 8.61. The van der Waals surface area contributed by atoms with Crippen LogP contribution in [0.3, 0.4) is 0 Å². The minimum absolute atomic E-state index is 0.548. The minimum atomic E-state index is 0.548. The van der Waals surface area contributed by atoms with Crippen LogP contribution in [0, 0.1) is 0 Å². The van der Waals surface area contributed by atoms with E-state index in [1.807, 2.05) is 42.5 Å². The summed E-state index contributed by atoms with van der Waals surface area (Å²) in [5.41, 5.74) is 2.22. The molecule has 0 aliphatic heterocycles. The van der Waals surface area contributed by atoms with Gasteiger partial charge in [-0.3, -0.25) is 0 Å². The highest BCUT2D eigenvalue weighted by Crippen LogP contribution is 2.20. The molecule has 0 saturated heterocycles. The lowest BCUT2D eigenvalue weighted by Gasteiger charge is -2.12. The quantitative estimate of drug-likeness (QED) is 0.645. The number of benzene rings is 2. The van der Waals surface area contributed by atoms with Gasteiger partial charge in [0, 0.05) is 18.7 Å². The predicted molar refractivity (Wildman–Crippen MR) is 97.3 cm³/mol. The number of ether oxygens (including phenoxy) is 1. The molecule has 0 bridgehead atoms. The summed E-state index contributed by atoms with van der Waals surface area (Å²) in [6.45, 7) is 4.12. The summed E-state index contributed by atoms with van der Waals surface area (Å²) in [7, 11) is 0. The third-order valence-corrected chi connectivity index (χ3v) is 3.90. The number of hydrogen-bond donors (Lipinski definition) is 1. The second kappa shape index (κ2) is 8.82. The van der Waals surface area contributed by atoms with Gasteiger partial charge in [-0.1, -0.05) is 67.0 Å². The van der Waals surface area contributed by atoms with Gasteiger partial charge in [0.15, 0.2) is 0 Å². The normalized spacial score (nSPS) is 10.6. The van der Waals surface area contributed by atoms with E-state index < -0.39 is 0 Å². The Morgan fingerprint density at radius 1 is 1.04 bits per heavy atom. The molecule has 0 spiro atoms. The number of aryl methyl sites for hydroxylation is 1. The molecule has 0 atom stereocenters. The summed E-state index contributed by atoms with van der Waals surface area (Å²) in [6, 6.07) is 18.2. The molecular weight excluding hydrogens is 314 g/mol. The molecule has 130 valence electrons. The van der Waals surface area contributed by atoms with Gasteiger partial charge in [-0.2, -0.15) is 0 Å². The Labute approximate surface area is 147 Å². The topological polar surface area (TPSA) is 64.9 Å². The lowest BCUT2D eigenvalue weighted by molar-refractivity contribution is 0.303. The predicted octanol–water partition coefficient (Wildman–Crippen LogP) is 3.66. The van der Waals surface area contributed by atoms with Crippen LogP contribution in [0.4, 0.5) is 5.95 Å². The molecule has 3 aromatic rings. The molecule has 6 nitrogen and oxygen atoms in total. The summed E-state index contributed by atoms with van der Waals surface area (Å²) in [4.78, 5) is 0. The van der Waals surface area contributed by atoms with Crippen molar-refractivity contribution in [3.63, 3.8) is 0 Å². The molecule has 3 rings (SSSR count). The van der Waals surface area contributed by atoms with Gasteiger partial charge in [-0.15, -0.1) is 0 Å². The first-order valence-corrected chi connectivity index (χ1v) is 8.61. The molecular formula is C19H23N5O. The van der Waals surface area contributed by atoms with Crippen LogP contribution in [-0.2, 0) is 19.7 Å². The number of tetrazole rings is 1. The van der Waals surface area contributed by atoms with Crippen LogP contribution in [0.2, 0.25) is 0 Å². The van der Waals surface area contributed by atoms with Crippen molar-refractivity contribution in [1.29, 1.82) is 0 Å². The van der Waals surface area contributed by atoms with Crippen LogP contribution in [0.5, 0.6) is 5.75 Å². The Morgan fingerprint density at radius 3 is 2.68 bits per heavy atom. The summed E-state index contributed by atoms with van der Waals surface area (Å²) >= 11 is 0. The first kappa shape index (κ1) is 17.0. The minimum Gasteiger partial charge on any atom is -0.489 e. The fourth-order valence-corrected chi connectivity index (χ4v) is 2.49. The molecule has 2 aromatic carbocycles. The molecule has 0 aliphatic rings. The van der Waals surface area contributed by atoms with Crippen molar-refractivity contribution in [3.8, 4) is 5.75 Å². The van der Waals surface area contributed by atoms with Crippen LogP contribution in [0.1, 0.15) is 30.9 Å². The largest absolute Gasteiger partial charge is 0.489 e. The van der Waals surface area contributed by atoms with Crippen molar-refractivity contribution in [2.75, 3.05) is 5.32 Å². The van der Waals surface area contributed by atoms with Crippen LogP contribution in [0.15, 0.2) is 54.6 Å². The van der Waals surface area contributed by atoms with Gasteiger partial charge in [0.05, 0.1) is 0 Å². The molecule has 0 radical (unpaired) electrons. The highest BCUT2D eigenvalue weighted by Gasteiger charge is 2.08. The van der Waals surface area contributed by atoms with E-state index in [1.165, 1.54) is 0 Å². The van der Waals surface area contributed by atoms with Crippen molar-refractivity contribution in [1.82, 2.24) is 20.2 Å². The second-order valence-electron chi connectivity index (χ2n) is 5.81. The Kier molecular flexibility index (Phi) is 5.98. The molecule has 0 aliphatic carbocycles. The number of anilines is 1. The van der Waals surface area contributed by atoms with E-state index in [-0.39, 0.29) is 0 Å². The third-order valence-electron chi connectivity index (χ3n) is 3.90. The zero-order valence-electron chi connectivity index (χ0n) is 14.4. The lowest BCUT2D eigenvalue weighted by atomic mass is 10.2. The van der Waals surface area contributed by atoms with Crippen molar-refractivity contribution < 1.29 is 4.74 Å². The zero-order chi connectivity index (χ0) is 17.3.